The Morgan fingerprint density at radius 3 is 2.45 bits per heavy atom. The van der Waals surface area contributed by atoms with Crippen LogP contribution in [-0.2, 0) is 13.0 Å². The molecule has 5 nitrogen and oxygen atoms in total. The molecule has 108 valence electrons. The van der Waals surface area contributed by atoms with Crippen molar-refractivity contribution < 1.29 is 9.52 Å². The molecule has 0 bridgehead atoms. The van der Waals surface area contributed by atoms with Crippen molar-refractivity contribution in [1.82, 2.24) is 10.2 Å². The van der Waals surface area contributed by atoms with Crippen molar-refractivity contribution >= 4 is 5.69 Å². The summed E-state index contributed by atoms with van der Waals surface area (Å²) in [5, 5.41) is 17.9. The summed E-state index contributed by atoms with van der Waals surface area (Å²) in [5.41, 5.74) is 1.04. The number of aliphatic hydroxyl groups is 1. The lowest BCUT2D eigenvalue weighted by Gasteiger charge is -2.25. The summed E-state index contributed by atoms with van der Waals surface area (Å²) in [5.74, 6) is 1.22. The van der Waals surface area contributed by atoms with Gasteiger partial charge in [0, 0.05) is 18.7 Å². The van der Waals surface area contributed by atoms with E-state index >= 15 is 0 Å². The van der Waals surface area contributed by atoms with Crippen LogP contribution >= 0.6 is 0 Å². The smallest absolute Gasteiger partial charge is 0.235 e. The molecule has 0 amide bonds. The second-order valence-corrected chi connectivity index (χ2v) is 4.72. The van der Waals surface area contributed by atoms with Crippen molar-refractivity contribution in [1.29, 1.82) is 0 Å². The monoisotopic (exact) mass is 275 g/mol. The number of nitrogens with zero attached hydrogens (tertiary/aromatic N) is 3. The molecular formula is C15H21N3O2. The Kier molecular flexibility index (Phi) is 5.12. The Bertz CT molecular complexity index is 513. The minimum absolute atomic E-state index is 0.372. The molecule has 1 unspecified atom stereocenters. The van der Waals surface area contributed by atoms with E-state index in [0.29, 0.717) is 31.3 Å². The molecule has 0 saturated carbocycles. The summed E-state index contributed by atoms with van der Waals surface area (Å²) in [6, 6.07) is 9.96. The van der Waals surface area contributed by atoms with Gasteiger partial charge in [0.05, 0.1) is 12.6 Å². The quantitative estimate of drug-likeness (QED) is 0.840. The standard InChI is InChI=1S/C15H21N3O2/c1-3-13(19)10-18(12-8-6-5-7-9-12)11-15-17-16-14(4-2)20-15/h5-9,13,19H,3-4,10-11H2,1-2H3. The molecule has 1 N–H and O–H groups in total. The van der Waals surface area contributed by atoms with Gasteiger partial charge < -0.3 is 14.4 Å². The lowest BCUT2D eigenvalue weighted by molar-refractivity contribution is 0.174. The number of aliphatic hydroxyl groups excluding tert-OH is 1. The lowest BCUT2D eigenvalue weighted by Crippen LogP contribution is -2.31. The predicted molar refractivity (Wildman–Crippen MR) is 77.5 cm³/mol. The average Bonchev–Trinajstić information content (AvgIpc) is 2.95. The molecule has 0 aliphatic rings. The molecule has 20 heavy (non-hydrogen) atoms. The molecule has 2 rings (SSSR count). The van der Waals surface area contributed by atoms with Gasteiger partial charge in [-0.1, -0.05) is 32.0 Å². The van der Waals surface area contributed by atoms with E-state index in [4.69, 9.17) is 4.42 Å². The SMILES string of the molecule is CCc1nnc(CN(CC(O)CC)c2ccccc2)o1. The van der Waals surface area contributed by atoms with Crippen LogP contribution in [0, 0.1) is 0 Å². The highest BCUT2D eigenvalue weighted by atomic mass is 16.4. The maximum atomic E-state index is 9.91. The Morgan fingerprint density at radius 2 is 1.85 bits per heavy atom. The number of rotatable bonds is 7. The van der Waals surface area contributed by atoms with Gasteiger partial charge in [-0.25, -0.2) is 0 Å². The van der Waals surface area contributed by atoms with Crippen molar-refractivity contribution in [3.8, 4) is 0 Å². The van der Waals surface area contributed by atoms with E-state index in [1.807, 2.05) is 44.2 Å². The number of para-hydroxylation sites is 1. The summed E-state index contributed by atoms with van der Waals surface area (Å²) in [7, 11) is 0. The van der Waals surface area contributed by atoms with E-state index in [1.54, 1.807) is 0 Å². The normalized spacial score (nSPS) is 12.3. The number of benzene rings is 1. The first-order valence-electron chi connectivity index (χ1n) is 7.02. The average molecular weight is 275 g/mol. The van der Waals surface area contributed by atoms with E-state index in [0.717, 1.165) is 12.1 Å². The van der Waals surface area contributed by atoms with Gasteiger partial charge in [-0.05, 0) is 18.6 Å². The molecule has 1 heterocycles. The fourth-order valence-electron chi connectivity index (χ4n) is 1.94. The zero-order chi connectivity index (χ0) is 14.4. The molecule has 0 spiro atoms. The number of hydrogen-bond donors (Lipinski definition) is 1. The summed E-state index contributed by atoms with van der Waals surface area (Å²) in [4.78, 5) is 2.06. The maximum absolute atomic E-state index is 9.91. The highest BCUT2D eigenvalue weighted by Crippen LogP contribution is 2.17. The zero-order valence-electron chi connectivity index (χ0n) is 12.0. The van der Waals surface area contributed by atoms with Crippen molar-refractivity contribution in [2.75, 3.05) is 11.4 Å². The molecule has 0 radical (unpaired) electrons. The molecule has 1 aromatic carbocycles. The van der Waals surface area contributed by atoms with Crippen LogP contribution in [0.3, 0.4) is 0 Å². The molecule has 5 heteroatoms. The molecule has 1 atom stereocenters. The van der Waals surface area contributed by atoms with Crippen molar-refractivity contribution in [2.24, 2.45) is 0 Å². The molecule has 0 saturated heterocycles. The largest absolute Gasteiger partial charge is 0.423 e. The van der Waals surface area contributed by atoms with E-state index in [9.17, 15) is 5.11 Å². The number of anilines is 1. The summed E-state index contributed by atoms with van der Waals surface area (Å²) >= 11 is 0. The van der Waals surface area contributed by atoms with E-state index in [-0.39, 0.29) is 6.10 Å². The van der Waals surface area contributed by atoms with Crippen LogP contribution in [0.2, 0.25) is 0 Å². The molecule has 1 aromatic heterocycles. The van der Waals surface area contributed by atoms with Gasteiger partial charge in [-0.2, -0.15) is 0 Å². The van der Waals surface area contributed by atoms with Crippen LogP contribution in [0.25, 0.3) is 0 Å². The summed E-state index contributed by atoms with van der Waals surface area (Å²) < 4.78 is 5.55. The zero-order valence-corrected chi connectivity index (χ0v) is 12.0. The number of aromatic nitrogens is 2. The number of hydrogen-bond acceptors (Lipinski definition) is 5. The Labute approximate surface area is 119 Å². The fraction of sp³-hybridized carbons (Fsp3) is 0.467. The van der Waals surface area contributed by atoms with Gasteiger partial charge in [0.15, 0.2) is 0 Å². The third-order valence-corrected chi connectivity index (χ3v) is 3.16. The first kappa shape index (κ1) is 14.5. The van der Waals surface area contributed by atoms with E-state index in [1.165, 1.54) is 0 Å². The first-order valence-corrected chi connectivity index (χ1v) is 7.02. The van der Waals surface area contributed by atoms with Gasteiger partial charge in [0.25, 0.3) is 0 Å². The summed E-state index contributed by atoms with van der Waals surface area (Å²) in [6.45, 7) is 5.00. The van der Waals surface area contributed by atoms with Crippen LogP contribution in [-0.4, -0.2) is 28.0 Å². The van der Waals surface area contributed by atoms with Crippen LogP contribution < -0.4 is 4.90 Å². The predicted octanol–water partition coefficient (Wildman–Crippen LogP) is 2.41. The van der Waals surface area contributed by atoms with Gasteiger partial charge in [0.2, 0.25) is 11.8 Å². The van der Waals surface area contributed by atoms with Crippen LogP contribution in [0.4, 0.5) is 5.69 Å². The maximum Gasteiger partial charge on any atom is 0.235 e. The Morgan fingerprint density at radius 1 is 1.15 bits per heavy atom. The summed E-state index contributed by atoms with van der Waals surface area (Å²) in [6.07, 6.45) is 1.08. The topological polar surface area (TPSA) is 62.4 Å². The third-order valence-electron chi connectivity index (χ3n) is 3.16. The van der Waals surface area contributed by atoms with Crippen molar-refractivity contribution in [2.45, 2.75) is 39.3 Å². The van der Waals surface area contributed by atoms with Crippen LogP contribution in [0.15, 0.2) is 34.7 Å². The van der Waals surface area contributed by atoms with Crippen LogP contribution in [0.1, 0.15) is 32.0 Å². The second-order valence-electron chi connectivity index (χ2n) is 4.72. The minimum atomic E-state index is -0.372. The molecule has 0 aliphatic heterocycles. The van der Waals surface area contributed by atoms with Crippen LogP contribution in [0.5, 0.6) is 0 Å². The van der Waals surface area contributed by atoms with E-state index in [2.05, 4.69) is 15.1 Å². The first-order chi connectivity index (χ1) is 9.72. The van der Waals surface area contributed by atoms with Crippen molar-refractivity contribution in [3.05, 3.63) is 42.1 Å². The number of aryl methyl sites for hydroxylation is 1. The molecule has 0 aliphatic carbocycles. The Balaban J connectivity index is 2.13. The Hall–Kier alpha value is -1.88. The van der Waals surface area contributed by atoms with Gasteiger partial charge in [0.1, 0.15) is 0 Å². The minimum Gasteiger partial charge on any atom is -0.423 e. The van der Waals surface area contributed by atoms with Gasteiger partial charge >= 0.3 is 0 Å². The highest BCUT2D eigenvalue weighted by Gasteiger charge is 2.15. The molecular weight excluding hydrogens is 254 g/mol. The molecule has 0 fully saturated rings. The van der Waals surface area contributed by atoms with Gasteiger partial charge in [-0.3, -0.25) is 0 Å². The second kappa shape index (κ2) is 7.05. The highest BCUT2D eigenvalue weighted by molar-refractivity contribution is 5.46. The third kappa shape index (κ3) is 3.81. The van der Waals surface area contributed by atoms with Crippen molar-refractivity contribution in [3.63, 3.8) is 0 Å². The lowest BCUT2D eigenvalue weighted by atomic mass is 10.2. The fourth-order valence-corrected chi connectivity index (χ4v) is 1.94. The van der Waals surface area contributed by atoms with E-state index < -0.39 is 0 Å². The molecule has 2 aromatic rings. The van der Waals surface area contributed by atoms with Gasteiger partial charge in [-0.15, -0.1) is 10.2 Å².